The van der Waals surface area contributed by atoms with E-state index in [9.17, 15) is 24.0 Å². The van der Waals surface area contributed by atoms with E-state index in [1.54, 1.807) is 0 Å². The van der Waals surface area contributed by atoms with Gasteiger partial charge in [-0.15, -0.1) is 0 Å². The molecule has 0 saturated heterocycles. The molecule has 7 nitrogen and oxygen atoms in total. The van der Waals surface area contributed by atoms with Gasteiger partial charge in [-0.05, 0) is 27.9 Å². The van der Waals surface area contributed by atoms with Gasteiger partial charge in [0.2, 0.25) is 0 Å². The van der Waals surface area contributed by atoms with Gasteiger partial charge < -0.3 is 14.9 Å². The Morgan fingerprint density at radius 1 is 1.05 bits per heavy atom. The van der Waals surface area contributed by atoms with Crippen LogP contribution in [0.15, 0.2) is 0 Å². The molecular weight excluding hydrogens is 340 g/mol. The molecule has 0 aromatic heterocycles. The van der Waals surface area contributed by atoms with Gasteiger partial charge in [0.05, 0.1) is 0 Å². The van der Waals surface area contributed by atoms with Crippen LogP contribution in [-0.4, -0.2) is 11.1 Å². The van der Waals surface area contributed by atoms with Crippen LogP contribution in [0.1, 0.15) is 45.4 Å². The first kappa shape index (κ1) is 25.2. The molecule has 21 heavy (non-hydrogen) atoms. The Labute approximate surface area is 170 Å². The van der Waals surface area contributed by atoms with Crippen LogP contribution in [0.4, 0.5) is 0 Å². The molecule has 1 rings (SSSR count). The fourth-order valence-corrected chi connectivity index (χ4v) is 3.40. The van der Waals surface area contributed by atoms with Crippen LogP contribution in [0.2, 0.25) is 0 Å². The Kier molecular flexibility index (Phi) is 14.9. The van der Waals surface area contributed by atoms with Crippen molar-refractivity contribution < 1.29 is 92.2 Å². The minimum Gasteiger partial charge on any atom is -0.566 e. The molecule has 3 unspecified atom stereocenters. The summed E-state index contributed by atoms with van der Waals surface area (Å²) in [5, 5.41) is 10.1. The molecule has 0 spiro atoms. The van der Waals surface area contributed by atoms with E-state index in [0.717, 1.165) is 38.5 Å². The van der Waals surface area contributed by atoms with Gasteiger partial charge in [0.15, 0.2) is 0 Å². The second kappa shape index (κ2) is 12.4. The fraction of sp³-hybridized carbons (Fsp3) is 1.00. The molecule has 1 aliphatic rings. The zero-order valence-corrected chi connectivity index (χ0v) is 18.5. The Bertz CT molecular complexity index is 321. The van der Waals surface area contributed by atoms with Crippen LogP contribution in [0, 0.1) is 11.8 Å². The van der Waals surface area contributed by atoms with Crippen molar-refractivity contribution in [2.24, 2.45) is 11.8 Å². The summed E-state index contributed by atoms with van der Waals surface area (Å²) in [4.78, 5) is 21.3. The fourth-order valence-electron chi connectivity index (χ4n) is 2.51. The van der Waals surface area contributed by atoms with Crippen LogP contribution in [-0.2, 0) is 18.2 Å². The molecule has 1 saturated carbocycles. The van der Waals surface area contributed by atoms with E-state index in [0.29, 0.717) is 0 Å². The van der Waals surface area contributed by atoms with E-state index in [4.69, 9.17) is 0 Å². The Morgan fingerprint density at radius 3 is 1.76 bits per heavy atom. The van der Waals surface area contributed by atoms with E-state index >= 15 is 0 Å². The van der Waals surface area contributed by atoms with E-state index in [2.05, 4.69) is 9.05 Å². The SMILES string of the molecule is CC(C1CCCCCC1)C(O)(O[P+](=O)[O-])O[P+](=O)[O-].[Na+].[Na+]. The predicted molar refractivity (Wildman–Crippen MR) is 62.7 cm³/mol. The molecule has 0 aliphatic heterocycles. The Balaban J connectivity index is 0. The van der Waals surface area contributed by atoms with Crippen molar-refractivity contribution in [1.29, 1.82) is 0 Å². The number of hydrogen-bond donors (Lipinski definition) is 1. The molecule has 3 atom stereocenters. The van der Waals surface area contributed by atoms with Crippen molar-refractivity contribution >= 4 is 16.5 Å². The second-order valence-electron chi connectivity index (χ2n) is 4.80. The molecule has 0 amide bonds. The topological polar surface area (TPSA) is 119 Å². The molecule has 0 radical (unpaired) electrons. The van der Waals surface area contributed by atoms with Crippen molar-refractivity contribution in [3.63, 3.8) is 0 Å². The van der Waals surface area contributed by atoms with Crippen LogP contribution in [0.25, 0.3) is 0 Å². The summed E-state index contributed by atoms with van der Waals surface area (Å²) in [5.41, 5.74) is 0. The molecule has 11 heteroatoms. The van der Waals surface area contributed by atoms with Crippen LogP contribution in [0.5, 0.6) is 0 Å². The van der Waals surface area contributed by atoms with Crippen molar-refractivity contribution in [3.8, 4) is 0 Å². The molecule has 0 bridgehead atoms. The zero-order valence-electron chi connectivity index (χ0n) is 12.7. The summed E-state index contributed by atoms with van der Waals surface area (Å²) in [7, 11) is -6.84. The van der Waals surface area contributed by atoms with Gasteiger partial charge in [-0.25, -0.2) is 0 Å². The van der Waals surface area contributed by atoms with Crippen LogP contribution < -0.4 is 68.9 Å². The van der Waals surface area contributed by atoms with E-state index in [-0.39, 0.29) is 65.0 Å². The van der Waals surface area contributed by atoms with Gasteiger partial charge in [0.1, 0.15) is 0 Å². The predicted octanol–water partition coefficient (Wildman–Crippen LogP) is -4.68. The number of rotatable bonds is 6. The Hall–Kier alpha value is 2.00. The number of aliphatic hydroxyl groups is 1. The van der Waals surface area contributed by atoms with Gasteiger partial charge in [0, 0.05) is 5.92 Å². The maximum absolute atomic E-state index is 10.6. The van der Waals surface area contributed by atoms with Crippen LogP contribution >= 0.6 is 16.5 Å². The first-order valence-electron chi connectivity index (χ1n) is 6.24. The van der Waals surface area contributed by atoms with Crippen molar-refractivity contribution in [3.05, 3.63) is 0 Å². The van der Waals surface area contributed by atoms with Gasteiger partial charge >= 0.3 is 81.6 Å². The molecule has 110 valence electrons. The summed E-state index contributed by atoms with van der Waals surface area (Å²) in [6, 6.07) is 0. The molecule has 0 aromatic carbocycles. The first-order valence-corrected chi connectivity index (χ1v) is 8.43. The summed E-state index contributed by atoms with van der Waals surface area (Å²) in [5.74, 6) is -3.44. The van der Waals surface area contributed by atoms with E-state index in [1.807, 2.05) is 0 Å². The summed E-state index contributed by atoms with van der Waals surface area (Å²) >= 11 is 0. The maximum atomic E-state index is 10.6. The van der Waals surface area contributed by atoms with E-state index < -0.39 is 28.4 Å². The summed E-state index contributed by atoms with van der Waals surface area (Å²) in [6.45, 7) is 1.54. The van der Waals surface area contributed by atoms with Crippen molar-refractivity contribution in [1.82, 2.24) is 0 Å². The van der Waals surface area contributed by atoms with Gasteiger partial charge in [0.25, 0.3) is 0 Å². The third kappa shape index (κ3) is 9.16. The molecule has 1 aliphatic carbocycles. The Morgan fingerprint density at radius 2 is 1.43 bits per heavy atom. The largest absolute Gasteiger partial charge is 1.00 e. The quantitative estimate of drug-likeness (QED) is 0.219. The normalized spacial score (nSPS) is 21.9. The molecule has 0 aromatic rings. The zero-order chi connectivity index (χ0) is 14.5. The maximum Gasteiger partial charge on any atom is 1.00 e. The van der Waals surface area contributed by atoms with Gasteiger partial charge in [-0.1, -0.05) is 41.7 Å². The van der Waals surface area contributed by atoms with Crippen LogP contribution in [0.3, 0.4) is 0 Å². The molecule has 1 N–H and O–H groups in total. The third-order valence-electron chi connectivity index (χ3n) is 3.59. The monoisotopic (exact) mass is 358 g/mol. The van der Waals surface area contributed by atoms with Gasteiger partial charge in [-0.3, -0.25) is 0 Å². The van der Waals surface area contributed by atoms with Crippen molar-refractivity contribution in [2.45, 2.75) is 51.4 Å². The average Bonchev–Trinajstić information content (AvgIpc) is 2.53. The summed E-state index contributed by atoms with van der Waals surface area (Å²) < 4.78 is 29.9. The molecular formula is C10H18Na2O7P2+2. The van der Waals surface area contributed by atoms with Gasteiger partial charge in [-0.2, -0.15) is 0 Å². The first-order chi connectivity index (χ1) is 8.85. The minimum atomic E-state index is -3.42. The average molecular weight is 358 g/mol. The second-order valence-corrected chi connectivity index (χ2v) is 6.06. The standard InChI is InChI=1S/C10H18O7P2.2Na/c1-8(9-6-4-2-3-5-7-9)10(11,16-18(12)13)17-19(14)15;;/h8-9,11H,2-7H2,1H3;;/q;2*+1. The van der Waals surface area contributed by atoms with E-state index in [1.165, 1.54) is 6.92 Å². The third-order valence-corrected chi connectivity index (χ3v) is 4.41. The smallest absolute Gasteiger partial charge is 0.566 e. The molecule has 1 fully saturated rings. The summed E-state index contributed by atoms with van der Waals surface area (Å²) in [6.07, 6.45) is 5.63. The molecule has 0 heterocycles. The van der Waals surface area contributed by atoms with Crippen molar-refractivity contribution in [2.75, 3.05) is 0 Å². The minimum absolute atomic E-state index is 0. The number of hydrogen-bond acceptors (Lipinski definition) is 7.